The third-order valence-electron chi connectivity index (χ3n) is 8.33. The first-order valence-corrected chi connectivity index (χ1v) is 15.3. The van der Waals surface area contributed by atoms with Crippen LogP contribution in [0.25, 0.3) is 0 Å². The Bertz CT molecular complexity index is 1610. The lowest BCUT2D eigenvalue weighted by Crippen LogP contribution is -2.58. The number of nitrogens with one attached hydrogen (secondary N) is 2. The summed E-state index contributed by atoms with van der Waals surface area (Å²) >= 11 is 0. The summed E-state index contributed by atoms with van der Waals surface area (Å²) < 4.78 is 39.4. The zero-order valence-corrected chi connectivity index (χ0v) is 25.8. The molecular weight excluding hydrogens is 597 g/mol. The lowest BCUT2D eigenvalue weighted by atomic mass is 9.91. The van der Waals surface area contributed by atoms with Gasteiger partial charge in [-0.05, 0) is 52.3 Å². The molecule has 8 nitrogen and oxygen atoms in total. The zero-order chi connectivity index (χ0) is 33.0. The van der Waals surface area contributed by atoms with Crippen molar-refractivity contribution in [1.29, 1.82) is 0 Å². The molecule has 0 aliphatic carbocycles. The predicted octanol–water partition coefficient (Wildman–Crippen LogP) is 4.39. The Morgan fingerprint density at radius 1 is 0.870 bits per heavy atom. The fourth-order valence-electron chi connectivity index (χ4n) is 5.99. The number of hydrogen-bond acceptors (Lipinski definition) is 4. The summed E-state index contributed by atoms with van der Waals surface area (Å²) in [5.41, 5.74) is 2.91. The normalized spacial score (nSPS) is 19.8. The van der Waals surface area contributed by atoms with Crippen molar-refractivity contribution in [3.8, 4) is 0 Å². The highest BCUT2D eigenvalue weighted by Gasteiger charge is 2.38. The van der Waals surface area contributed by atoms with Crippen LogP contribution in [0.2, 0.25) is 0 Å². The first-order chi connectivity index (χ1) is 21.9. The van der Waals surface area contributed by atoms with E-state index in [1.165, 1.54) is 21.9 Å². The first-order valence-electron chi connectivity index (χ1n) is 15.3. The molecule has 242 valence electrons. The lowest BCUT2D eigenvalue weighted by molar-refractivity contribution is -0.145. The van der Waals surface area contributed by atoms with Crippen molar-refractivity contribution in [2.24, 2.45) is 5.92 Å². The Kier molecular flexibility index (Phi) is 9.79. The van der Waals surface area contributed by atoms with Gasteiger partial charge < -0.3 is 20.4 Å². The molecule has 2 aliphatic rings. The second kappa shape index (κ2) is 13.8. The topological polar surface area (TPSA) is 98.8 Å². The Balaban J connectivity index is 1.48. The Morgan fingerprint density at radius 2 is 1.57 bits per heavy atom. The molecule has 0 fully saturated rings. The molecule has 3 aromatic rings. The quantitative estimate of drug-likeness (QED) is 0.445. The number of rotatable bonds is 4. The summed E-state index contributed by atoms with van der Waals surface area (Å²) in [4.78, 5) is 57.7. The zero-order valence-electron chi connectivity index (χ0n) is 25.8. The molecule has 0 radical (unpaired) electrons. The summed E-state index contributed by atoms with van der Waals surface area (Å²) in [5.74, 6) is -1.69. The number of nitrogens with zero attached hydrogens (tertiary/aromatic N) is 2. The van der Waals surface area contributed by atoms with Crippen LogP contribution >= 0.6 is 0 Å². The van der Waals surface area contributed by atoms with E-state index in [0.717, 1.165) is 28.8 Å². The standard InChI is InChI=1S/C35H37F3N4O4/c1-22(2)14-29-34(46)42-20-27-9-4-3-8-26(27)17-30(42)33(45)39-18-25-7-5-6-24(15-25)16-32(44)41(21-31(43)40-29)19-23-10-12-28(13-11-23)35(36,37)38/h3-13,15,22,29-30H,14,16-21H2,1-2H3,(H,39,45)(H,40,43)/t29-,30+/m0/s1. The Hall–Kier alpha value is -4.67. The van der Waals surface area contributed by atoms with E-state index in [2.05, 4.69) is 10.6 Å². The van der Waals surface area contributed by atoms with Crippen molar-refractivity contribution < 1.29 is 32.3 Å². The maximum atomic E-state index is 14.2. The SMILES string of the molecule is CC(C)C[C@@H]1NC(=O)CN(Cc2ccc(C(F)(F)F)cc2)C(=O)Cc2cccc(c2)CNC(=O)[C@H]2Cc3ccccc3CN2C1=O. The number of amides is 4. The van der Waals surface area contributed by atoms with E-state index in [1.807, 2.05) is 44.2 Å². The summed E-state index contributed by atoms with van der Waals surface area (Å²) in [7, 11) is 0. The van der Waals surface area contributed by atoms with E-state index in [4.69, 9.17) is 0 Å². The van der Waals surface area contributed by atoms with Crippen LogP contribution in [-0.4, -0.2) is 52.1 Å². The van der Waals surface area contributed by atoms with Crippen LogP contribution in [0.15, 0.2) is 72.8 Å². The minimum Gasteiger partial charge on any atom is -0.350 e. The highest BCUT2D eigenvalue weighted by Crippen LogP contribution is 2.29. The molecule has 3 aromatic carbocycles. The van der Waals surface area contributed by atoms with Crippen LogP contribution in [0.3, 0.4) is 0 Å². The Labute approximate surface area is 266 Å². The highest BCUT2D eigenvalue weighted by atomic mass is 19.4. The van der Waals surface area contributed by atoms with Gasteiger partial charge in [0.15, 0.2) is 0 Å². The number of fused-ring (bicyclic) bond motifs is 4. The van der Waals surface area contributed by atoms with Gasteiger partial charge in [0.2, 0.25) is 23.6 Å². The van der Waals surface area contributed by atoms with E-state index in [-0.39, 0.29) is 37.9 Å². The molecule has 11 heteroatoms. The molecule has 2 N–H and O–H groups in total. The van der Waals surface area contributed by atoms with Crippen LogP contribution in [0.5, 0.6) is 0 Å². The molecule has 2 heterocycles. The monoisotopic (exact) mass is 634 g/mol. The maximum absolute atomic E-state index is 14.2. The Morgan fingerprint density at radius 3 is 2.26 bits per heavy atom. The van der Waals surface area contributed by atoms with Gasteiger partial charge >= 0.3 is 6.18 Å². The number of alkyl halides is 3. The number of hydrogen-bond donors (Lipinski definition) is 2. The van der Waals surface area contributed by atoms with Crippen molar-refractivity contribution in [1.82, 2.24) is 20.4 Å². The number of carbonyl (C=O) groups excluding carboxylic acids is 4. The molecule has 0 saturated heterocycles. The predicted molar refractivity (Wildman–Crippen MR) is 165 cm³/mol. The number of carbonyl (C=O) groups is 4. The summed E-state index contributed by atoms with van der Waals surface area (Å²) in [6, 6.07) is 17.5. The van der Waals surface area contributed by atoms with Gasteiger partial charge in [0.25, 0.3) is 0 Å². The molecule has 2 atom stereocenters. The third kappa shape index (κ3) is 7.94. The maximum Gasteiger partial charge on any atom is 0.416 e. The van der Waals surface area contributed by atoms with Crippen molar-refractivity contribution in [2.45, 2.75) is 71.0 Å². The molecule has 46 heavy (non-hydrogen) atoms. The molecule has 0 aromatic heterocycles. The van der Waals surface area contributed by atoms with Gasteiger partial charge in [-0.1, -0.05) is 74.5 Å². The average molecular weight is 635 g/mol. The van der Waals surface area contributed by atoms with Crippen LogP contribution in [-0.2, 0) is 57.8 Å². The van der Waals surface area contributed by atoms with Gasteiger partial charge in [0.05, 0.1) is 18.5 Å². The van der Waals surface area contributed by atoms with Gasteiger partial charge in [-0.15, -0.1) is 0 Å². The molecule has 0 saturated carbocycles. The summed E-state index contributed by atoms with van der Waals surface area (Å²) in [5, 5.41) is 5.78. The third-order valence-corrected chi connectivity index (χ3v) is 8.33. The minimum atomic E-state index is -4.51. The van der Waals surface area contributed by atoms with Crippen molar-refractivity contribution in [3.63, 3.8) is 0 Å². The molecule has 5 rings (SSSR count). The molecular formula is C35H37F3N4O4. The van der Waals surface area contributed by atoms with Gasteiger partial charge in [0.1, 0.15) is 12.1 Å². The van der Waals surface area contributed by atoms with Crippen LogP contribution < -0.4 is 10.6 Å². The lowest BCUT2D eigenvalue weighted by Gasteiger charge is -2.38. The van der Waals surface area contributed by atoms with Crippen molar-refractivity contribution in [2.75, 3.05) is 6.54 Å². The van der Waals surface area contributed by atoms with Gasteiger partial charge in [-0.25, -0.2) is 0 Å². The second-order valence-corrected chi connectivity index (χ2v) is 12.4. The minimum absolute atomic E-state index is 0.0131. The number of halogens is 3. The smallest absolute Gasteiger partial charge is 0.350 e. The summed E-state index contributed by atoms with van der Waals surface area (Å²) in [6.45, 7) is 3.71. The fourth-order valence-corrected chi connectivity index (χ4v) is 5.99. The molecule has 4 amide bonds. The first kappa shape index (κ1) is 32.7. The number of benzene rings is 3. The highest BCUT2D eigenvalue weighted by molar-refractivity contribution is 5.94. The average Bonchev–Trinajstić information content (AvgIpc) is 3.01. The van der Waals surface area contributed by atoms with E-state index in [9.17, 15) is 32.3 Å². The van der Waals surface area contributed by atoms with Gasteiger partial charge in [0, 0.05) is 26.1 Å². The van der Waals surface area contributed by atoms with Crippen LogP contribution in [0.4, 0.5) is 13.2 Å². The van der Waals surface area contributed by atoms with Crippen molar-refractivity contribution >= 4 is 23.6 Å². The van der Waals surface area contributed by atoms with E-state index in [0.29, 0.717) is 24.0 Å². The molecule has 2 aliphatic heterocycles. The molecule has 0 spiro atoms. The van der Waals surface area contributed by atoms with E-state index < -0.39 is 48.1 Å². The molecule has 2 bridgehead atoms. The largest absolute Gasteiger partial charge is 0.416 e. The van der Waals surface area contributed by atoms with Gasteiger partial charge in [-0.2, -0.15) is 13.2 Å². The fraction of sp³-hybridized carbons (Fsp3) is 0.371. The van der Waals surface area contributed by atoms with Crippen LogP contribution in [0, 0.1) is 5.92 Å². The second-order valence-electron chi connectivity index (χ2n) is 12.4. The molecule has 0 unspecified atom stereocenters. The van der Waals surface area contributed by atoms with Crippen LogP contribution in [0.1, 0.15) is 53.6 Å². The van der Waals surface area contributed by atoms with E-state index in [1.54, 1.807) is 18.2 Å². The van der Waals surface area contributed by atoms with E-state index >= 15 is 0 Å². The van der Waals surface area contributed by atoms with Crippen molar-refractivity contribution in [3.05, 3.63) is 106 Å². The van der Waals surface area contributed by atoms with Gasteiger partial charge in [-0.3, -0.25) is 19.2 Å². The summed E-state index contributed by atoms with van der Waals surface area (Å²) in [6.07, 6.45) is -3.95.